The van der Waals surface area contributed by atoms with Crippen LogP contribution >= 0.6 is 0 Å². The highest BCUT2D eigenvalue weighted by Crippen LogP contribution is 2.21. The monoisotopic (exact) mass is 310 g/mol. The minimum Gasteiger partial charge on any atom is -0.481 e. The fourth-order valence-electron chi connectivity index (χ4n) is 1.63. The van der Waals surface area contributed by atoms with Crippen LogP contribution in [0.3, 0.4) is 0 Å². The normalized spacial score (nSPS) is 14.1. The van der Waals surface area contributed by atoms with E-state index < -0.39 is 21.4 Å². The first-order chi connectivity index (χ1) is 9.74. The third-order valence-corrected chi connectivity index (χ3v) is 4.74. The van der Waals surface area contributed by atoms with Gasteiger partial charge in [-0.3, -0.25) is 4.79 Å². The molecule has 0 saturated heterocycles. The van der Waals surface area contributed by atoms with Crippen LogP contribution in [0.4, 0.5) is 0 Å². The maximum atomic E-state index is 12.0. The summed E-state index contributed by atoms with van der Waals surface area (Å²) >= 11 is 0. The molecule has 1 atom stereocenters. The number of hydrogen-bond acceptors (Lipinski definition) is 4. The van der Waals surface area contributed by atoms with E-state index in [1.807, 2.05) is 6.07 Å². The molecule has 0 amide bonds. The van der Waals surface area contributed by atoms with Crippen LogP contribution in [-0.2, 0) is 20.6 Å². The van der Waals surface area contributed by atoms with Crippen molar-refractivity contribution in [1.82, 2.24) is 4.72 Å². The van der Waals surface area contributed by atoms with Crippen molar-refractivity contribution in [3.05, 3.63) is 35.4 Å². The molecular weight excluding hydrogens is 292 g/mol. The van der Waals surface area contributed by atoms with Crippen LogP contribution in [0.5, 0.6) is 0 Å². The Hall–Kier alpha value is -1.91. The lowest BCUT2D eigenvalue weighted by molar-refractivity contribution is -0.147. The Morgan fingerprint density at radius 2 is 2.05 bits per heavy atom. The molecule has 7 heteroatoms. The molecule has 0 aromatic heterocycles. The van der Waals surface area contributed by atoms with Crippen molar-refractivity contribution in [3.8, 4) is 6.07 Å². The first kappa shape index (κ1) is 17.1. The van der Waals surface area contributed by atoms with E-state index in [-0.39, 0.29) is 12.3 Å². The molecule has 1 aromatic rings. The Balaban J connectivity index is 2.84. The highest BCUT2D eigenvalue weighted by Gasteiger charge is 2.32. The van der Waals surface area contributed by atoms with Gasteiger partial charge in [-0.05, 0) is 25.0 Å². The van der Waals surface area contributed by atoms with Crippen molar-refractivity contribution in [2.24, 2.45) is 5.41 Å². The van der Waals surface area contributed by atoms with Gasteiger partial charge in [0.25, 0.3) is 0 Å². The van der Waals surface area contributed by atoms with Gasteiger partial charge in [0, 0.05) is 6.54 Å². The number of aliphatic carboxylic acids is 1. The lowest BCUT2D eigenvalue weighted by Gasteiger charge is -2.23. The summed E-state index contributed by atoms with van der Waals surface area (Å²) in [6.07, 6.45) is 0.305. The number of rotatable bonds is 7. The average Bonchev–Trinajstić information content (AvgIpc) is 2.45. The topological polar surface area (TPSA) is 107 Å². The lowest BCUT2D eigenvalue weighted by atomic mass is 9.88. The molecule has 0 aliphatic carbocycles. The molecule has 2 N–H and O–H groups in total. The quantitative estimate of drug-likeness (QED) is 0.793. The highest BCUT2D eigenvalue weighted by atomic mass is 32.2. The summed E-state index contributed by atoms with van der Waals surface area (Å²) in [5.41, 5.74) is -0.470. The van der Waals surface area contributed by atoms with E-state index in [1.165, 1.54) is 13.0 Å². The maximum Gasteiger partial charge on any atom is 0.310 e. The van der Waals surface area contributed by atoms with E-state index in [1.54, 1.807) is 25.1 Å². The zero-order chi connectivity index (χ0) is 16.1. The SMILES string of the molecule is CCC(C)(CNS(=O)(=O)Cc1ccccc1C#N)C(=O)O. The third kappa shape index (κ3) is 4.55. The van der Waals surface area contributed by atoms with Crippen LogP contribution in [0.2, 0.25) is 0 Å². The molecule has 0 radical (unpaired) electrons. The van der Waals surface area contributed by atoms with Gasteiger partial charge in [-0.1, -0.05) is 25.1 Å². The minimum atomic E-state index is -3.71. The zero-order valence-corrected chi connectivity index (χ0v) is 12.8. The molecule has 0 bridgehead atoms. The average molecular weight is 310 g/mol. The van der Waals surface area contributed by atoms with Crippen molar-refractivity contribution in [2.45, 2.75) is 26.0 Å². The summed E-state index contributed by atoms with van der Waals surface area (Å²) < 4.78 is 26.4. The first-order valence-electron chi connectivity index (χ1n) is 6.43. The molecule has 1 aromatic carbocycles. The molecule has 0 aliphatic rings. The second-order valence-electron chi connectivity index (χ2n) is 5.07. The van der Waals surface area contributed by atoms with Crippen LogP contribution in [0.15, 0.2) is 24.3 Å². The van der Waals surface area contributed by atoms with Crippen LogP contribution in [0.25, 0.3) is 0 Å². The molecule has 21 heavy (non-hydrogen) atoms. The Morgan fingerprint density at radius 3 is 2.57 bits per heavy atom. The van der Waals surface area contributed by atoms with Crippen molar-refractivity contribution in [2.75, 3.05) is 6.54 Å². The predicted octanol–water partition coefficient (Wildman–Crippen LogP) is 1.48. The molecule has 0 heterocycles. The van der Waals surface area contributed by atoms with Gasteiger partial charge in [0.2, 0.25) is 10.0 Å². The zero-order valence-electron chi connectivity index (χ0n) is 12.0. The van der Waals surface area contributed by atoms with Gasteiger partial charge in [0.05, 0.1) is 22.8 Å². The van der Waals surface area contributed by atoms with Crippen molar-refractivity contribution in [1.29, 1.82) is 5.26 Å². The number of nitrogens with zero attached hydrogens (tertiary/aromatic N) is 1. The van der Waals surface area contributed by atoms with Crippen LogP contribution in [0, 0.1) is 16.7 Å². The van der Waals surface area contributed by atoms with Gasteiger partial charge in [-0.25, -0.2) is 13.1 Å². The Bertz CT molecular complexity index is 664. The molecule has 1 unspecified atom stereocenters. The summed E-state index contributed by atoms with van der Waals surface area (Å²) in [5, 5.41) is 18.1. The number of hydrogen-bond donors (Lipinski definition) is 2. The van der Waals surface area contributed by atoms with Crippen molar-refractivity contribution in [3.63, 3.8) is 0 Å². The largest absolute Gasteiger partial charge is 0.481 e. The van der Waals surface area contributed by atoms with E-state index >= 15 is 0 Å². The van der Waals surface area contributed by atoms with Crippen LogP contribution in [-0.4, -0.2) is 26.0 Å². The van der Waals surface area contributed by atoms with E-state index in [0.717, 1.165) is 0 Å². The number of nitrogens with one attached hydrogen (secondary N) is 1. The molecule has 0 aliphatic heterocycles. The Morgan fingerprint density at radius 1 is 1.43 bits per heavy atom. The summed E-state index contributed by atoms with van der Waals surface area (Å²) in [6, 6.07) is 8.34. The van der Waals surface area contributed by atoms with E-state index in [2.05, 4.69) is 4.72 Å². The number of benzene rings is 1. The molecule has 0 fully saturated rings. The van der Waals surface area contributed by atoms with Gasteiger partial charge >= 0.3 is 5.97 Å². The van der Waals surface area contributed by atoms with E-state index in [0.29, 0.717) is 17.5 Å². The predicted molar refractivity (Wildman–Crippen MR) is 77.8 cm³/mol. The van der Waals surface area contributed by atoms with E-state index in [9.17, 15) is 13.2 Å². The summed E-state index contributed by atoms with van der Waals surface area (Å²) in [7, 11) is -3.71. The number of sulfonamides is 1. The van der Waals surface area contributed by atoms with Crippen molar-refractivity contribution < 1.29 is 18.3 Å². The van der Waals surface area contributed by atoms with Gasteiger partial charge in [-0.15, -0.1) is 0 Å². The summed E-state index contributed by atoms with van der Waals surface area (Å²) in [6.45, 7) is 2.99. The molecule has 6 nitrogen and oxygen atoms in total. The standard InChI is InChI=1S/C14H18N2O4S/c1-3-14(2,13(17)18)10-16-21(19,20)9-12-7-5-4-6-11(12)8-15/h4-7,16H,3,9-10H2,1-2H3,(H,17,18). The molecule has 0 saturated carbocycles. The number of carboxylic acid groups (broad SMARTS) is 1. The fraction of sp³-hybridized carbons (Fsp3) is 0.429. The number of nitriles is 1. The fourth-order valence-corrected chi connectivity index (χ4v) is 2.93. The minimum absolute atomic E-state index is 0.185. The van der Waals surface area contributed by atoms with Crippen LogP contribution in [0.1, 0.15) is 31.4 Å². The summed E-state index contributed by atoms with van der Waals surface area (Å²) in [5.74, 6) is -1.40. The van der Waals surface area contributed by atoms with Crippen LogP contribution < -0.4 is 4.72 Å². The van der Waals surface area contributed by atoms with Gasteiger partial charge < -0.3 is 5.11 Å². The Labute approximate surface area is 124 Å². The highest BCUT2D eigenvalue weighted by molar-refractivity contribution is 7.88. The lowest BCUT2D eigenvalue weighted by Crippen LogP contribution is -2.41. The van der Waals surface area contributed by atoms with Gasteiger partial charge in [0.15, 0.2) is 0 Å². The molecule has 1 rings (SSSR count). The number of carbonyl (C=O) groups is 1. The van der Waals surface area contributed by atoms with Gasteiger partial charge in [-0.2, -0.15) is 5.26 Å². The molecular formula is C14H18N2O4S. The Kier molecular flexibility index (Phi) is 5.47. The maximum absolute atomic E-state index is 12.0. The van der Waals surface area contributed by atoms with Gasteiger partial charge in [0.1, 0.15) is 0 Å². The summed E-state index contributed by atoms with van der Waals surface area (Å²) in [4.78, 5) is 11.2. The first-order valence-corrected chi connectivity index (χ1v) is 8.08. The number of carboxylic acids is 1. The smallest absolute Gasteiger partial charge is 0.310 e. The van der Waals surface area contributed by atoms with Crippen molar-refractivity contribution >= 4 is 16.0 Å². The molecule has 114 valence electrons. The second kappa shape index (κ2) is 6.70. The second-order valence-corrected chi connectivity index (χ2v) is 6.88. The molecule has 0 spiro atoms. The van der Waals surface area contributed by atoms with E-state index in [4.69, 9.17) is 10.4 Å². The third-order valence-electron chi connectivity index (χ3n) is 3.46.